The average Bonchev–Trinajstić information content (AvgIpc) is 1.61. The van der Waals surface area contributed by atoms with Crippen LogP contribution in [-0.4, -0.2) is 5.17 Å². The third-order valence-electron chi connectivity index (χ3n) is 0.320. The molecule has 0 unspecified atom stereocenters. The molecule has 7 heavy (non-hydrogen) atoms. The molecule has 0 bridgehead atoms. The summed E-state index contributed by atoms with van der Waals surface area (Å²) < 4.78 is 4.52. The topological polar surface area (TPSA) is 35.2 Å². The van der Waals surface area contributed by atoms with E-state index in [9.17, 15) is 0 Å². The molecule has 0 radical (unpaired) electrons. The lowest BCUT2D eigenvalue weighted by Crippen LogP contribution is -2.08. The fourth-order valence-electron chi connectivity index (χ4n) is 0.135. The van der Waals surface area contributed by atoms with E-state index in [1.165, 1.54) is 6.26 Å². The smallest absolute Gasteiger partial charge is 0.258 e. The van der Waals surface area contributed by atoms with Gasteiger partial charge in [0.05, 0.1) is 6.26 Å². The fraction of sp³-hybridized carbons (Fsp3) is 0.250. The first-order chi connectivity index (χ1) is 3.27. The zero-order valence-electron chi connectivity index (χ0n) is 4.05. The van der Waals surface area contributed by atoms with E-state index in [2.05, 4.69) is 17.0 Å². The van der Waals surface area contributed by atoms with Gasteiger partial charge in [-0.1, -0.05) is 6.08 Å². The lowest BCUT2D eigenvalue weighted by molar-refractivity contribution is 0.477. The molecule has 0 spiro atoms. The van der Waals surface area contributed by atoms with Crippen molar-refractivity contribution in [2.45, 2.75) is 6.92 Å². The summed E-state index contributed by atoms with van der Waals surface area (Å²) in [5.41, 5.74) is 4.94. The van der Waals surface area contributed by atoms with Crippen LogP contribution in [0.4, 0.5) is 0 Å². The highest BCUT2D eigenvalue weighted by Gasteiger charge is 1.74. The normalized spacial score (nSPS) is 9.29. The average molecular weight is 117 g/mol. The highest BCUT2D eigenvalue weighted by Crippen LogP contribution is 1.73. The lowest BCUT2D eigenvalue weighted by atomic mass is 10.7. The molecule has 0 aromatic carbocycles. The Bertz CT molecular complexity index is 89.7. The minimum absolute atomic E-state index is 0.0538. The summed E-state index contributed by atoms with van der Waals surface area (Å²) in [7, 11) is 0. The fourth-order valence-corrected chi connectivity index (χ4v) is 0.191. The largest absolute Gasteiger partial charge is 0.440 e. The highest BCUT2D eigenvalue weighted by atomic mass is 32.1. The van der Waals surface area contributed by atoms with E-state index >= 15 is 0 Å². The second-order valence-electron chi connectivity index (χ2n) is 0.906. The molecule has 0 saturated carbocycles. The first-order valence-corrected chi connectivity index (χ1v) is 2.25. The Morgan fingerprint density at radius 2 is 2.43 bits per heavy atom. The van der Waals surface area contributed by atoms with Gasteiger partial charge in [-0.2, -0.15) is 0 Å². The molecule has 0 rings (SSSR count). The van der Waals surface area contributed by atoms with Crippen LogP contribution >= 0.6 is 12.2 Å². The van der Waals surface area contributed by atoms with Crippen molar-refractivity contribution in [3.63, 3.8) is 0 Å². The number of thiocarbonyl (C=S) groups is 1. The monoisotopic (exact) mass is 117 g/mol. The molecule has 0 heterocycles. The van der Waals surface area contributed by atoms with Gasteiger partial charge in [0.25, 0.3) is 5.17 Å². The van der Waals surface area contributed by atoms with Crippen molar-refractivity contribution in [1.82, 2.24) is 0 Å². The van der Waals surface area contributed by atoms with Gasteiger partial charge in [-0.05, 0) is 19.1 Å². The minimum Gasteiger partial charge on any atom is -0.440 e. The summed E-state index contributed by atoms with van der Waals surface area (Å²) in [5.74, 6) is 0. The van der Waals surface area contributed by atoms with Crippen LogP contribution in [0, 0.1) is 0 Å². The van der Waals surface area contributed by atoms with E-state index < -0.39 is 0 Å². The first kappa shape index (κ1) is 6.43. The van der Waals surface area contributed by atoms with Crippen molar-refractivity contribution in [3.05, 3.63) is 12.3 Å². The maximum atomic E-state index is 4.94. The molecule has 0 aliphatic heterocycles. The molecule has 40 valence electrons. The SMILES string of the molecule is CC=COC(N)=S. The number of nitrogens with two attached hydrogens (primary N) is 1. The van der Waals surface area contributed by atoms with E-state index in [1.54, 1.807) is 6.08 Å². The zero-order chi connectivity index (χ0) is 5.70. The van der Waals surface area contributed by atoms with Crippen molar-refractivity contribution in [2.75, 3.05) is 0 Å². The summed E-state index contributed by atoms with van der Waals surface area (Å²) in [5, 5.41) is 0.0538. The minimum atomic E-state index is 0.0538. The van der Waals surface area contributed by atoms with Crippen molar-refractivity contribution >= 4 is 17.4 Å². The number of allylic oxidation sites excluding steroid dienone is 1. The Morgan fingerprint density at radius 1 is 1.86 bits per heavy atom. The van der Waals surface area contributed by atoms with Crippen LogP contribution in [-0.2, 0) is 4.74 Å². The van der Waals surface area contributed by atoms with Gasteiger partial charge >= 0.3 is 0 Å². The lowest BCUT2D eigenvalue weighted by Gasteiger charge is -1.89. The van der Waals surface area contributed by atoms with Gasteiger partial charge in [-0.25, -0.2) is 0 Å². The van der Waals surface area contributed by atoms with E-state index in [4.69, 9.17) is 5.73 Å². The Labute approximate surface area is 48.0 Å². The summed E-state index contributed by atoms with van der Waals surface area (Å²) >= 11 is 4.37. The Morgan fingerprint density at radius 3 is 2.57 bits per heavy atom. The van der Waals surface area contributed by atoms with Crippen LogP contribution in [0.3, 0.4) is 0 Å². The molecule has 0 aliphatic carbocycles. The molecule has 0 amide bonds. The van der Waals surface area contributed by atoms with Crippen molar-refractivity contribution < 1.29 is 4.74 Å². The molecule has 0 aliphatic rings. The summed E-state index contributed by atoms with van der Waals surface area (Å²) in [4.78, 5) is 0. The quantitative estimate of drug-likeness (QED) is 0.407. The van der Waals surface area contributed by atoms with Gasteiger partial charge in [-0.3, -0.25) is 0 Å². The predicted molar refractivity (Wildman–Crippen MR) is 32.7 cm³/mol. The Balaban J connectivity index is 3.14. The third kappa shape index (κ3) is 5.43. The summed E-state index contributed by atoms with van der Waals surface area (Å²) in [6, 6.07) is 0. The summed E-state index contributed by atoms with van der Waals surface area (Å²) in [6.07, 6.45) is 3.14. The third-order valence-corrected chi connectivity index (χ3v) is 0.417. The van der Waals surface area contributed by atoms with Gasteiger partial charge in [0.15, 0.2) is 0 Å². The molecule has 2 N–H and O–H groups in total. The molecular formula is C4H7NOS. The van der Waals surface area contributed by atoms with Gasteiger partial charge in [0.1, 0.15) is 0 Å². The van der Waals surface area contributed by atoms with Crippen LogP contribution in [0.25, 0.3) is 0 Å². The molecule has 0 aromatic rings. The molecule has 0 saturated heterocycles. The van der Waals surface area contributed by atoms with E-state index in [1.807, 2.05) is 6.92 Å². The van der Waals surface area contributed by atoms with Gasteiger partial charge in [0.2, 0.25) is 0 Å². The van der Waals surface area contributed by atoms with Crippen LogP contribution in [0.15, 0.2) is 12.3 Å². The molecule has 0 atom stereocenters. The van der Waals surface area contributed by atoms with Crippen LogP contribution in [0.2, 0.25) is 0 Å². The molecule has 0 fully saturated rings. The van der Waals surface area contributed by atoms with E-state index in [0.717, 1.165) is 0 Å². The van der Waals surface area contributed by atoms with Crippen LogP contribution in [0.5, 0.6) is 0 Å². The standard InChI is InChI=1S/C4H7NOS/c1-2-3-6-4(5)7/h2-3H,1H3,(H2,5,7). The van der Waals surface area contributed by atoms with E-state index in [0.29, 0.717) is 0 Å². The Hall–Kier alpha value is -0.570. The maximum Gasteiger partial charge on any atom is 0.258 e. The number of rotatable bonds is 1. The maximum absolute atomic E-state index is 4.94. The molecule has 2 nitrogen and oxygen atoms in total. The van der Waals surface area contributed by atoms with Gasteiger partial charge in [-0.15, -0.1) is 0 Å². The first-order valence-electron chi connectivity index (χ1n) is 1.84. The molecular weight excluding hydrogens is 110 g/mol. The second-order valence-corrected chi connectivity index (χ2v) is 1.31. The van der Waals surface area contributed by atoms with E-state index in [-0.39, 0.29) is 5.17 Å². The second kappa shape index (κ2) is 3.61. The van der Waals surface area contributed by atoms with Gasteiger partial charge in [0, 0.05) is 0 Å². The summed E-state index contributed by atoms with van der Waals surface area (Å²) in [6.45, 7) is 1.82. The van der Waals surface area contributed by atoms with Crippen LogP contribution < -0.4 is 5.73 Å². The van der Waals surface area contributed by atoms with Crippen molar-refractivity contribution in [3.8, 4) is 0 Å². The zero-order valence-corrected chi connectivity index (χ0v) is 4.87. The Kier molecular flexibility index (Phi) is 3.32. The number of ether oxygens (including phenoxy) is 1. The number of hydrogen-bond donors (Lipinski definition) is 1. The highest BCUT2D eigenvalue weighted by molar-refractivity contribution is 7.80. The molecule has 3 heteroatoms. The van der Waals surface area contributed by atoms with Crippen molar-refractivity contribution in [2.24, 2.45) is 5.73 Å². The molecule has 0 aromatic heterocycles. The predicted octanol–water partition coefficient (Wildman–Crippen LogP) is 0.780. The number of hydrogen-bond acceptors (Lipinski definition) is 2. The van der Waals surface area contributed by atoms with Gasteiger partial charge < -0.3 is 10.5 Å². The van der Waals surface area contributed by atoms with Crippen LogP contribution in [0.1, 0.15) is 6.92 Å². The van der Waals surface area contributed by atoms with Crippen molar-refractivity contribution in [1.29, 1.82) is 0 Å².